The van der Waals surface area contributed by atoms with Crippen LogP contribution in [-0.2, 0) is 13.0 Å². The van der Waals surface area contributed by atoms with E-state index in [2.05, 4.69) is 37.6 Å². The van der Waals surface area contributed by atoms with Gasteiger partial charge in [-0.3, -0.25) is 4.79 Å². The number of carbonyl (C=O) groups excluding carboxylic acids is 1. The lowest BCUT2D eigenvalue weighted by atomic mass is 10.1. The summed E-state index contributed by atoms with van der Waals surface area (Å²) in [6.07, 6.45) is 1.06. The molecule has 1 N–H and O–H groups in total. The number of fused-ring (bicyclic) bond motifs is 1. The number of hydrogen-bond donors (Lipinski definition) is 1. The van der Waals surface area contributed by atoms with E-state index in [1.165, 1.54) is 22.6 Å². The van der Waals surface area contributed by atoms with Crippen molar-refractivity contribution in [3.8, 4) is 0 Å². The molecule has 2 heterocycles. The van der Waals surface area contributed by atoms with E-state index in [1.807, 2.05) is 35.6 Å². The van der Waals surface area contributed by atoms with Gasteiger partial charge in [0.1, 0.15) is 5.82 Å². The first-order valence-electron chi connectivity index (χ1n) is 8.27. The first-order chi connectivity index (χ1) is 12.6. The van der Waals surface area contributed by atoms with E-state index < -0.39 is 11.7 Å². The highest BCUT2D eigenvalue weighted by Gasteiger charge is 2.18. The smallest absolute Gasteiger partial charge is 0.258 e. The highest BCUT2D eigenvalue weighted by Crippen LogP contribution is 2.28. The van der Waals surface area contributed by atoms with Gasteiger partial charge < -0.3 is 10.2 Å². The Morgan fingerprint density at radius 3 is 2.77 bits per heavy atom. The lowest BCUT2D eigenvalue weighted by Crippen LogP contribution is -2.29. The summed E-state index contributed by atoms with van der Waals surface area (Å²) >= 11 is 5.08. The van der Waals surface area contributed by atoms with Crippen molar-refractivity contribution in [3.05, 3.63) is 80.2 Å². The average molecular weight is 431 g/mol. The summed E-state index contributed by atoms with van der Waals surface area (Å²) in [6.45, 7) is 1.90. The summed E-state index contributed by atoms with van der Waals surface area (Å²) in [5, 5.41) is 4.90. The van der Waals surface area contributed by atoms with Crippen molar-refractivity contribution in [3.63, 3.8) is 0 Å². The van der Waals surface area contributed by atoms with Gasteiger partial charge in [-0.05, 0) is 65.9 Å². The fourth-order valence-corrected chi connectivity index (χ4v) is 4.35. The van der Waals surface area contributed by atoms with Gasteiger partial charge in [-0.25, -0.2) is 4.39 Å². The molecule has 0 fully saturated rings. The topological polar surface area (TPSA) is 32.3 Å². The molecule has 0 saturated heterocycles. The Kier molecular flexibility index (Phi) is 4.78. The van der Waals surface area contributed by atoms with E-state index in [-0.39, 0.29) is 5.56 Å². The second-order valence-electron chi connectivity index (χ2n) is 6.17. The normalized spacial score (nSPS) is 13.4. The molecule has 1 aromatic heterocycles. The van der Waals surface area contributed by atoms with Gasteiger partial charge in [0, 0.05) is 33.8 Å². The van der Waals surface area contributed by atoms with Crippen LogP contribution < -0.4 is 10.2 Å². The third kappa shape index (κ3) is 3.52. The summed E-state index contributed by atoms with van der Waals surface area (Å²) in [4.78, 5) is 16.1. The van der Waals surface area contributed by atoms with Gasteiger partial charge in [-0.2, -0.15) is 0 Å². The van der Waals surface area contributed by atoms with Crippen LogP contribution in [-0.4, -0.2) is 12.5 Å². The van der Waals surface area contributed by atoms with Crippen LogP contribution in [0.3, 0.4) is 0 Å². The Bertz CT molecular complexity index is 955. The molecule has 1 aliphatic rings. The van der Waals surface area contributed by atoms with Crippen molar-refractivity contribution in [2.45, 2.75) is 13.0 Å². The van der Waals surface area contributed by atoms with Crippen molar-refractivity contribution in [2.75, 3.05) is 16.8 Å². The summed E-state index contributed by atoms with van der Waals surface area (Å²) in [7, 11) is 0. The Labute approximate surface area is 163 Å². The molecule has 0 atom stereocenters. The minimum absolute atomic E-state index is 0.0180. The highest BCUT2D eigenvalue weighted by atomic mass is 79.9. The van der Waals surface area contributed by atoms with E-state index in [1.54, 1.807) is 6.07 Å². The summed E-state index contributed by atoms with van der Waals surface area (Å²) in [5.41, 5.74) is 3.17. The predicted octanol–water partition coefficient (Wildman–Crippen LogP) is 5.46. The van der Waals surface area contributed by atoms with Crippen LogP contribution in [0.5, 0.6) is 0 Å². The quantitative estimate of drug-likeness (QED) is 0.597. The number of benzene rings is 2. The molecule has 0 unspecified atom stereocenters. The number of amides is 1. The molecule has 3 nitrogen and oxygen atoms in total. The maximum atomic E-state index is 13.8. The minimum atomic E-state index is -0.540. The Balaban J connectivity index is 1.46. The van der Waals surface area contributed by atoms with Gasteiger partial charge in [0.25, 0.3) is 5.91 Å². The molecule has 0 radical (unpaired) electrons. The SMILES string of the molecule is O=C(Nc1ccc(N2CCc3sccc3C2)cc1)c1cc(Br)ccc1F. The Morgan fingerprint density at radius 2 is 1.96 bits per heavy atom. The zero-order valence-electron chi connectivity index (χ0n) is 13.8. The van der Waals surface area contributed by atoms with Crippen molar-refractivity contribution in [1.29, 1.82) is 0 Å². The van der Waals surface area contributed by atoms with E-state index >= 15 is 0 Å². The number of hydrogen-bond acceptors (Lipinski definition) is 3. The van der Waals surface area contributed by atoms with Crippen LogP contribution in [0.2, 0.25) is 0 Å². The van der Waals surface area contributed by atoms with Gasteiger partial charge in [0.05, 0.1) is 5.56 Å². The summed E-state index contributed by atoms with van der Waals surface area (Å²) < 4.78 is 14.5. The van der Waals surface area contributed by atoms with Gasteiger partial charge in [-0.15, -0.1) is 11.3 Å². The molecule has 0 bridgehead atoms. The van der Waals surface area contributed by atoms with E-state index in [0.29, 0.717) is 10.2 Å². The van der Waals surface area contributed by atoms with Crippen LogP contribution in [0.25, 0.3) is 0 Å². The third-order valence-corrected chi connectivity index (χ3v) is 5.99. The first-order valence-corrected chi connectivity index (χ1v) is 9.94. The Morgan fingerprint density at radius 1 is 1.15 bits per heavy atom. The molecule has 1 aliphatic heterocycles. The molecule has 3 aromatic rings. The monoisotopic (exact) mass is 430 g/mol. The maximum Gasteiger partial charge on any atom is 0.258 e. The van der Waals surface area contributed by atoms with Crippen LogP contribution in [0.4, 0.5) is 15.8 Å². The number of nitrogens with zero attached hydrogens (tertiary/aromatic N) is 1. The fourth-order valence-electron chi connectivity index (χ4n) is 3.09. The molecule has 0 spiro atoms. The largest absolute Gasteiger partial charge is 0.367 e. The molecule has 2 aromatic carbocycles. The molecule has 6 heteroatoms. The van der Waals surface area contributed by atoms with Gasteiger partial charge >= 0.3 is 0 Å². The number of nitrogens with one attached hydrogen (secondary N) is 1. The molecule has 26 heavy (non-hydrogen) atoms. The third-order valence-electron chi connectivity index (χ3n) is 4.47. The highest BCUT2D eigenvalue weighted by molar-refractivity contribution is 9.10. The lowest BCUT2D eigenvalue weighted by Gasteiger charge is -2.29. The van der Waals surface area contributed by atoms with Gasteiger partial charge in [0.2, 0.25) is 0 Å². The second kappa shape index (κ2) is 7.21. The molecular formula is C20H16BrFN2OS. The first kappa shape index (κ1) is 17.2. The molecule has 132 valence electrons. The van der Waals surface area contributed by atoms with Crippen LogP contribution in [0, 0.1) is 5.82 Å². The summed E-state index contributed by atoms with van der Waals surface area (Å²) in [5.74, 6) is -1.00. The number of carbonyl (C=O) groups is 1. The zero-order chi connectivity index (χ0) is 18.1. The molecular weight excluding hydrogens is 415 g/mol. The van der Waals surface area contributed by atoms with Crippen molar-refractivity contribution >= 4 is 44.5 Å². The van der Waals surface area contributed by atoms with E-state index in [0.717, 1.165) is 25.2 Å². The van der Waals surface area contributed by atoms with Crippen molar-refractivity contribution in [1.82, 2.24) is 0 Å². The van der Waals surface area contributed by atoms with E-state index in [9.17, 15) is 9.18 Å². The fraction of sp³-hybridized carbons (Fsp3) is 0.150. The van der Waals surface area contributed by atoms with Crippen LogP contribution in [0.1, 0.15) is 20.8 Å². The van der Waals surface area contributed by atoms with Crippen molar-refractivity contribution < 1.29 is 9.18 Å². The predicted molar refractivity (Wildman–Crippen MR) is 108 cm³/mol. The van der Waals surface area contributed by atoms with E-state index in [4.69, 9.17) is 0 Å². The lowest BCUT2D eigenvalue weighted by molar-refractivity contribution is 0.102. The number of anilines is 2. The molecule has 0 aliphatic carbocycles. The van der Waals surface area contributed by atoms with Crippen LogP contribution in [0.15, 0.2) is 58.4 Å². The van der Waals surface area contributed by atoms with Crippen LogP contribution >= 0.6 is 27.3 Å². The second-order valence-corrected chi connectivity index (χ2v) is 8.08. The Hall–Kier alpha value is -2.18. The van der Waals surface area contributed by atoms with Gasteiger partial charge in [0.15, 0.2) is 0 Å². The number of rotatable bonds is 3. The average Bonchev–Trinajstić information content (AvgIpc) is 3.12. The number of halogens is 2. The molecule has 4 rings (SSSR count). The number of thiophene rings is 1. The van der Waals surface area contributed by atoms with Gasteiger partial charge in [-0.1, -0.05) is 15.9 Å². The molecule has 1 amide bonds. The van der Waals surface area contributed by atoms with Crippen molar-refractivity contribution in [2.24, 2.45) is 0 Å². The summed E-state index contributed by atoms with van der Waals surface area (Å²) in [6, 6.07) is 14.2. The minimum Gasteiger partial charge on any atom is -0.367 e. The standard InChI is InChI=1S/C20H16BrFN2OS/c21-14-1-6-18(22)17(11-14)20(25)23-15-2-4-16(5-3-15)24-9-7-19-13(12-24)8-10-26-19/h1-6,8,10-11H,7,9,12H2,(H,23,25). The maximum absolute atomic E-state index is 13.8. The molecule has 0 saturated carbocycles. The zero-order valence-corrected chi connectivity index (χ0v) is 16.2.